The van der Waals surface area contributed by atoms with E-state index >= 15 is 0 Å². The van der Waals surface area contributed by atoms with Crippen LogP contribution in [0.15, 0.2) is 46.9 Å². The fraction of sp³-hybridized carbons (Fsp3) is 0.133. The van der Waals surface area contributed by atoms with E-state index in [1.54, 1.807) is 37.4 Å². The second kappa shape index (κ2) is 6.37. The molecule has 0 spiro atoms. The van der Waals surface area contributed by atoms with Crippen molar-refractivity contribution >= 4 is 33.4 Å². The van der Waals surface area contributed by atoms with E-state index in [0.717, 1.165) is 10.0 Å². The molecule has 0 unspecified atom stereocenters. The van der Waals surface area contributed by atoms with Crippen LogP contribution in [0, 0.1) is 5.82 Å². The Morgan fingerprint density at radius 3 is 2.70 bits per heavy atom. The molecule has 0 N–H and O–H groups in total. The molecule has 104 valence electrons. The first kappa shape index (κ1) is 15.0. The minimum absolute atomic E-state index is 0.169. The zero-order valence-corrected chi connectivity index (χ0v) is 13.1. The van der Waals surface area contributed by atoms with E-state index in [-0.39, 0.29) is 11.7 Å². The molecule has 5 heteroatoms. The van der Waals surface area contributed by atoms with Crippen molar-refractivity contribution in [2.45, 2.75) is 6.54 Å². The van der Waals surface area contributed by atoms with Gasteiger partial charge < -0.3 is 4.90 Å². The van der Waals surface area contributed by atoms with Crippen molar-refractivity contribution in [3.8, 4) is 0 Å². The molecule has 0 aliphatic rings. The average molecular weight is 357 g/mol. The summed E-state index contributed by atoms with van der Waals surface area (Å²) in [5, 5.41) is 0.488. The smallest absolute Gasteiger partial charge is 0.253 e. The lowest BCUT2D eigenvalue weighted by Crippen LogP contribution is -2.26. The molecule has 0 saturated carbocycles. The Bertz CT molecular complexity index is 627. The Morgan fingerprint density at radius 1 is 1.30 bits per heavy atom. The van der Waals surface area contributed by atoms with E-state index < -0.39 is 0 Å². The molecule has 0 saturated heterocycles. The first-order chi connectivity index (χ1) is 9.45. The van der Waals surface area contributed by atoms with E-state index in [2.05, 4.69) is 15.9 Å². The Kier molecular flexibility index (Phi) is 4.78. The van der Waals surface area contributed by atoms with Gasteiger partial charge in [-0.15, -0.1) is 0 Å². The summed E-state index contributed by atoms with van der Waals surface area (Å²) in [4.78, 5) is 13.8. The molecule has 0 aromatic heterocycles. The summed E-state index contributed by atoms with van der Waals surface area (Å²) >= 11 is 9.23. The first-order valence-corrected chi connectivity index (χ1v) is 7.09. The van der Waals surface area contributed by atoms with Crippen LogP contribution in [0.4, 0.5) is 4.39 Å². The minimum atomic E-state index is -0.311. The zero-order valence-electron chi connectivity index (χ0n) is 10.7. The van der Waals surface area contributed by atoms with Crippen molar-refractivity contribution in [1.82, 2.24) is 4.90 Å². The molecule has 1 amide bonds. The molecular weight excluding hydrogens is 345 g/mol. The molecule has 0 bridgehead atoms. The SMILES string of the molecule is CN(Cc1cccc(F)c1)C(=O)c1cc(Cl)cc(Br)c1. The number of hydrogen-bond donors (Lipinski definition) is 0. The molecule has 0 aliphatic heterocycles. The highest BCUT2D eigenvalue weighted by Gasteiger charge is 2.13. The van der Waals surface area contributed by atoms with Crippen molar-refractivity contribution in [3.63, 3.8) is 0 Å². The highest BCUT2D eigenvalue weighted by molar-refractivity contribution is 9.10. The van der Waals surface area contributed by atoms with Gasteiger partial charge in [-0.3, -0.25) is 4.79 Å². The summed E-state index contributed by atoms with van der Waals surface area (Å²) in [6.07, 6.45) is 0. The largest absolute Gasteiger partial charge is 0.337 e. The predicted octanol–water partition coefficient (Wildman–Crippen LogP) is 4.51. The monoisotopic (exact) mass is 355 g/mol. The lowest BCUT2D eigenvalue weighted by atomic mass is 10.1. The van der Waals surface area contributed by atoms with E-state index in [0.29, 0.717) is 17.1 Å². The lowest BCUT2D eigenvalue weighted by molar-refractivity contribution is 0.0785. The van der Waals surface area contributed by atoms with E-state index in [1.807, 2.05) is 0 Å². The topological polar surface area (TPSA) is 20.3 Å². The van der Waals surface area contributed by atoms with Crippen LogP contribution in [0.25, 0.3) is 0 Å². The third-order valence-electron chi connectivity index (χ3n) is 2.76. The van der Waals surface area contributed by atoms with Crippen molar-refractivity contribution in [3.05, 3.63) is 68.9 Å². The third kappa shape index (κ3) is 3.81. The van der Waals surface area contributed by atoms with Gasteiger partial charge in [0, 0.05) is 28.7 Å². The van der Waals surface area contributed by atoms with Gasteiger partial charge in [0.05, 0.1) is 0 Å². The Morgan fingerprint density at radius 2 is 2.05 bits per heavy atom. The maximum Gasteiger partial charge on any atom is 0.253 e. The van der Waals surface area contributed by atoms with Gasteiger partial charge in [-0.25, -0.2) is 4.39 Å². The Balaban J connectivity index is 2.16. The second-order valence-electron chi connectivity index (χ2n) is 4.45. The van der Waals surface area contributed by atoms with Gasteiger partial charge in [-0.2, -0.15) is 0 Å². The molecule has 0 heterocycles. The molecule has 0 radical (unpaired) electrons. The summed E-state index contributed by atoms with van der Waals surface area (Å²) in [5.74, 6) is -0.480. The van der Waals surface area contributed by atoms with E-state index in [1.165, 1.54) is 17.0 Å². The van der Waals surface area contributed by atoms with Crippen LogP contribution < -0.4 is 0 Å². The molecular formula is C15H12BrClFNO. The number of carbonyl (C=O) groups excluding carboxylic acids is 1. The number of hydrogen-bond acceptors (Lipinski definition) is 1. The standard InChI is InChI=1S/C15H12BrClFNO/c1-19(9-10-3-2-4-14(18)5-10)15(20)11-6-12(16)8-13(17)7-11/h2-8H,9H2,1H3. The first-order valence-electron chi connectivity index (χ1n) is 5.92. The van der Waals surface area contributed by atoms with Crippen LogP contribution in [-0.4, -0.2) is 17.9 Å². The Labute approximate surface area is 130 Å². The number of amides is 1. The average Bonchev–Trinajstić information content (AvgIpc) is 2.36. The van der Waals surface area contributed by atoms with Crippen LogP contribution in [0.3, 0.4) is 0 Å². The van der Waals surface area contributed by atoms with Gasteiger partial charge in [0.25, 0.3) is 5.91 Å². The van der Waals surface area contributed by atoms with Crippen molar-refractivity contribution in [2.75, 3.05) is 7.05 Å². The summed E-state index contributed by atoms with van der Waals surface area (Å²) in [6, 6.07) is 11.2. The van der Waals surface area contributed by atoms with Crippen molar-refractivity contribution in [2.24, 2.45) is 0 Å². The number of nitrogens with zero attached hydrogens (tertiary/aromatic N) is 1. The highest BCUT2D eigenvalue weighted by Crippen LogP contribution is 2.21. The fourth-order valence-corrected chi connectivity index (χ4v) is 2.74. The molecule has 0 atom stereocenters. The van der Waals surface area contributed by atoms with Gasteiger partial charge in [0.2, 0.25) is 0 Å². The summed E-state index contributed by atoms with van der Waals surface area (Å²) < 4.78 is 13.9. The highest BCUT2D eigenvalue weighted by atomic mass is 79.9. The minimum Gasteiger partial charge on any atom is -0.337 e. The van der Waals surface area contributed by atoms with E-state index in [4.69, 9.17) is 11.6 Å². The van der Waals surface area contributed by atoms with Crippen LogP contribution in [0.1, 0.15) is 15.9 Å². The summed E-state index contributed by atoms with van der Waals surface area (Å²) in [6.45, 7) is 0.334. The molecule has 2 aromatic rings. The molecule has 0 fully saturated rings. The van der Waals surface area contributed by atoms with Crippen LogP contribution in [-0.2, 0) is 6.54 Å². The quantitative estimate of drug-likeness (QED) is 0.792. The van der Waals surface area contributed by atoms with Gasteiger partial charge in [0.15, 0.2) is 0 Å². The lowest BCUT2D eigenvalue weighted by Gasteiger charge is -2.17. The second-order valence-corrected chi connectivity index (χ2v) is 5.80. The molecule has 2 nitrogen and oxygen atoms in total. The predicted molar refractivity (Wildman–Crippen MR) is 81.3 cm³/mol. The van der Waals surface area contributed by atoms with E-state index in [9.17, 15) is 9.18 Å². The summed E-state index contributed by atoms with van der Waals surface area (Å²) in [7, 11) is 1.67. The molecule has 2 rings (SSSR count). The number of benzene rings is 2. The van der Waals surface area contributed by atoms with Crippen LogP contribution >= 0.6 is 27.5 Å². The van der Waals surface area contributed by atoms with Crippen LogP contribution in [0.5, 0.6) is 0 Å². The normalized spacial score (nSPS) is 10.4. The zero-order chi connectivity index (χ0) is 14.7. The maximum atomic E-state index is 13.1. The maximum absolute atomic E-state index is 13.1. The van der Waals surface area contributed by atoms with Gasteiger partial charge >= 0.3 is 0 Å². The number of halogens is 3. The Hall–Kier alpha value is -1.39. The number of carbonyl (C=O) groups is 1. The van der Waals surface area contributed by atoms with Gasteiger partial charge in [-0.1, -0.05) is 39.7 Å². The summed E-state index contributed by atoms with van der Waals surface area (Å²) in [5.41, 5.74) is 1.23. The van der Waals surface area contributed by atoms with Crippen LogP contribution in [0.2, 0.25) is 5.02 Å². The van der Waals surface area contributed by atoms with Crippen molar-refractivity contribution in [1.29, 1.82) is 0 Å². The molecule has 2 aromatic carbocycles. The van der Waals surface area contributed by atoms with Gasteiger partial charge in [0.1, 0.15) is 5.82 Å². The van der Waals surface area contributed by atoms with Gasteiger partial charge in [-0.05, 0) is 35.9 Å². The number of rotatable bonds is 3. The molecule has 20 heavy (non-hydrogen) atoms. The van der Waals surface area contributed by atoms with Crippen molar-refractivity contribution < 1.29 is 9.18 Å². The fourth-order valence-electron chi connectivity index (χ4n) is 1.88. The third-order valence-corrected chi connectivity index (χ3v) is 3.44. The molecule has 0 aliphatic carbocycles.